The van der Waals surface area contributed by atoms with E-state index in [1.54, 1.807) is 0 Å². The highest BCUT2D eigenvalue weighted by atomic mass is 16.5. The Bertz CT molecular complexity index is 471. The van der Waals surface area contributed by atoms with E-state index >= 15 is 0 Å². The van der Waals surface area contributed by atoms with Crippen LogP contribution in [0.2, 0.25) is 0 Å². The molecule has 0 aromatic carbocycles. The Balaban J connectivity index is 1.65. The third-order valence-electron chi connectivity index (χ3n) is 4.99. The molecule has 130 valence electrons. The van der Waals surface area contributed by atoms with Gasteiger partial charge in [0.2, 0.25) is 0 Å². The summed E-state index contributed by atoms with van der Waals surface area (Å²) in [6.45, 7) is 7.73. The second kappa shape index (κ2) is 8.24. The maximum absolute atomic E-state index is 6.14. The van der Waals surface area contributed by atoms with Crippen molar-refractivity contribution in [3.05, 3.63) is 18.0 Å². The van der Waals surface area contributed by atoms with Crippen LogP contribution in [0.25, 0.3) is 0 Å². The predicted octanol–water partition coefficient (Wildman–Crippen LogP) is 1.34. The molecule has 0 spiro atoms. The van der Waals surface area contributed by atoms with Crippen molar-refractivity contribution < 1.29 is 9.47 Å². The molecule has 1 aromatic heterocycles. The number of hydrogen-bond acceptors (Lipinski definition) is 5. The molecule has 0 radical (unpaired) electrons. The van der Waals surface area contributed by atoms with Crippen LogP contribution in [0.3, 0.4) is 0 Å². The number of nitrogens with one attached hydrogen (secondary N) is 1. The lowest BCUT2D eigenvalue weighted by atomic mass is 10.00. The fourth-order valence-corrected chi connectivity index (χ4v) is 3.72. The standard InChI is InChI=1S/C17H30N4O2/c1-3-21-7-10-23-16(17(21)14-11-19-20(2)13-14)12-18-15-5-4-8-22-9-6-15/h11,13,15-18H,3-10,12H2,1-2H3/t15?,16-,17-/m0/s1. The zero-order valence-electron chi connectivity index (χ0n) is 14.4. The van der Waals surface area contributed by atoms with Gasteiger partial charge in [-0.1, -0.05) is 6.92 Å². The molecule has 1 unspecified atom stereocenters. The summed E-state index contributed by atoms with van der Waals surface area (Å²) in [6.07, 6.45) is 7.72. The summed E-state index contributed by atoms with van der Waals surface area (Å²) in [5, 5.41) is 8.08. The van der Waals surface area contributed by atoms with Gasteiger partial charge in [-0.3, -0.25) is 9.58 Å². The smallest absolute Gasteiger partial charge is 0.0897 e. The molecule has 6 heteroatoms. The Morgan fingerprint density at radius 2 is 2.22 bits per heavy atom. The van der Waals surface area contributed by atoms with Crippen LogP contribution < -0.4 is 5.32 Å². The lowest BCUT2D eigenvalue weighted by molar-refractivity contribution is -0.0704. The summed E-state index contributed by atoms with van der Waals surface area (Å²) in [7, 11) is 1.97. The van der Waals surface area contributed by atoms with Crippen molar-refractivity contribution in [2.75, 3.05) is 39.5 Å². The van der Waals surface area contributed by atoms with Gasteiger partial charge in [0.1, 0.15) is 0 Å². The molecule has 2 aliphatic rings. The van der Waals surface area contributed by atoms with Gasteiger partial charge in [-0.25, -0.2) is 0 Å². The van der Waals surface area contributed by atoms with Gasteiger partial charge in [0, 0.05) is 51.2 Å². The fourth-order valence-electron chi connectivity index (χ4n) is 3.72. The van der Waals surface area contributed by atoms with Crippen LogP contribution in [0.5, 0.6) is 0 Å². The Hall–Kier alpha value is -0.950. The zero-order chi connectivity index (χ0) is 16.1. The van der Waals surface area contributed by atoms with Gasteiger partial charge in [0.15, 0.2) is 0 Å². The zero-order valence-corrected chi connectivity index (χ0v) is 14.4. The summed E-state index contributed by atoms with van der Waals surface area (Å²) in [5.74, 6) is 0. The minimum atomic E-state index is 0.178. The highest BCUT2D eigenvalue weighted by molar-refractivity contribution is 5.14. The summed E-state index contributed by atoms with van der Waals surface area (Å²) < 4.78 is 13.6. The van der Waals surface area contributed by atoms with Gasteiger partial charge in [0.25, 0.3) is 0 Å². The monoisotopic (exact) mass is 322 g/mol. The summed E-state index contributed by atoms with van der Waals surface area (Å²) >= 11 is 0. The number of rotatable bonds is 5. The van der Waals surface area contributed by atoms with Crippen LogP contribution in [-0.4, -0.2) is 66.3 Å². The molecule has 3 heterocycles. The van der Waals surface area contributed by atoms with Gasteiger partial charge >= 0.3 is 0 Å². The molecule has 2 saturated heterocycles. The Morgan fingerprint density at radius 1 is 1.30 bits per heavy atom. The Kier molecular flexibility index (Phi) is 6.05. The van der Waals surface area contributed by atoms with Gasteiger partial charge < -0.3 is 14.8 Å². The van der Waals surface area contributed by atoms with Crippen LogP contribution in [-0.2, 0) is 16.5 Å². The maximum Gasteiger partial charge on any atom is 0.0897 e. The van der Waals surface area contributed by atoms with Gasteiger partial charge in [0.05, 0.1) is 24.9 Å². The SMILES string of the molecule is CCN1CCO[C@@H](CNC2CCCOCC2)[C@@H]1c1cnn(C)c1. The second-order valence-electron chi connectivity index (χ2n) is 6.58. The van der Waals surface area contributed by atoms with Gasteiger partial charge in [-0.2, -0.15) is 5.10 Å². The van der Waals surface area contributed by atoms with Crippen molar-refractivity contribution in [3.63, 3.8) is 0 Å². The number of aryl methyl sites for hydroxylation is 1. The van der Waals surface area contributed by atoms with Crippen molar-refractivity contribution in [1.82, 2.24) is 20.0 Å². The van der Waals surface area contributed by atoms with E-state index in [9.17, 15) is 0 Å². The maximum atomic E-state index is 6.14. The molecule has 6 nitrogen and oxygen atoms in total. The minimum Gasteiger partial charge on any atom is -0.381 e. The first-order valence-electron chi connectivity index (χ1n) is 8.93. The van der Waals surface area contributed by atoms with Crippen molar-refractivity contribution in [2.45, 2.75) is 44.4 Å². The lowest BCUT2D eigenvalue weighted by Gasteiger charge is -2.41. The molecule has 0 saturated carbocycles. The van der Waals surface area contributed by atoms with E-state index in [0.717, 1.165) is 52.3 Å². The molecule has 0 aliphatic carbocycles. The highest BCUT2D eigenvalue weighted by Crippen LogP contribution is 2.29. The summed E-state index contributed by atoms with van der Waals surface area (Å²) in [5.41, 5.74) is 1.25. The van der Waals surface area contributed by atoms with E-state index in [-0.39, 0.29) is 12.1 Å². The number of aromatic nitrogens is 2. The number of hydrogen-bond donors (Lipinski definition) is 1. The fraction of sp³-hybridized carbons (Fsp3) is 0.824. The first-order valence-corrected chi connectivity index (χ1v) is 8.93. The van der Waals surface area contributed by atoms with E-state index in [1.165, 1.54) is 12.0 Å². The van der Waals surface area contributed by atoms with Crippen LogP contribution >= 0.6 is 0 Å². The third kappa shape index (κ3) is 4.32. The number of ether oxygens (including phenoxy) is 2. The van der Waals surface area contributed by atoms with E-state index < -0.39 is 0 Å². The molecule has 0 amide bonds. The van der Waals surface area contributed by atoms with E-state index in [4.69, 9.17) is 9.47 Å². The van der Waals surface area contributed by atoms with E-state index in [2.05, 4.69) is 28.4 Å². The molecular formula is C17H30N4O2. The third-order valence-corrected chi connectivity index (χ3v) is 4.99. The van der Waals surface area contributed by atoms with Crippen molar-refractivity contribution in [2.24, 2.45) is 7.05 Å². The van der Waals surface area contributed by atoms with Crippen molar-refractivity contribution in [1.29, 1.82) is 0 Å². The largest absolute Gasteiger partial charge is 0.381 e. The highest BCUT2D eigenvalue weighted by Gasteiger charge is 2.33. The van der Waals surface area contributed by atoms with Crippen LogP contribution in [0, 0.1) is 0 Å². The van der Waals surface area contributed by atoms with E-state index in [1.807, 2.05) is 17.9 Å². The summed E-state index contributed by atoms with van der Waals surface area (Å²) in [4.78, 5) is 2.50. The van der Waals surface area contributed by atoms with Crippen molar-refractivity contribution >= 4 is 0 Å². The van der Waals surface area contributed by atoms with Crippen molar-refractivity contribution in [3.8, 4) is 0 Å². The van der Waals surface area contributed by atoms with Gasteiger partial charge in [-0.15, -0.1) is 0 Å². The molecule has 2 aliphatic heterocycles. The first-order chi connectivity index (χ1) is 11.3. The second-order valence-corrected chi connectivity index (χ2v) is 6.58. The van der Waals surface area contributed by atoms with E-state index in [0.29, 0.717) is 6.04 Å². The molecule has 0 bridgehead atoms. The van der Waals surface area contributed by atoms with Gasteiger partial charge in [-0.05, 0) is 25.8 Å². The molecular weight excluding hydrogens is 292 g/mol. The molecule has 23 heavy (non-hydrogen) atoms. The normalized spacial score (nSPS) is 30.3. The topological polar surface area (TPSA) is 51.6 Å². The number of nitrogens with zero attached hydrogens (tertiary/aromatic N) is 3. The molecule has 1 aromatic rings. The van der Waals surface area contributed by atoms with Crippen LogP contribution in [0.1, 0.15) is 37.8 Å². The minimum absolute atomic E-state index is 0.178. The first kappa shape index (κ1) is 16.9. The quantitative estimate of drug-likeness (QED) is 0.887. The Morgan fingerprint density at radius 3 is 3.00 bits per heavy atom. The molecule has 1 N–H and O–H groups in total. The average Bonchev–Trinajstić information content (AvgIpc) is 2.84. The average molecular weight is 322 g/mol. The molecule has 2 fully saturated rings. The number of morpholine rings is 1. The lowest BCUT2D eigenvalue weighted by Crippen LogP contribution is -2.50. The molecule has 3 rings (SSSR count). The predicted molar refractivity (Wildman–Crippen MR) is 89.4 cm³/mol. The van der Waals surface area contributed by atoms with Crippen LogP contribution in [0.15, 0.2) is 12.4 Å². The summed E-state index contributed by atoms with van der Waals surface area (Å²) in [6, 6.07) is 0.838. The Labute approximate surface area is 139 Å². The number of likely N-dealkylation sites (N-methyl/N-ethyl adjacent to an activating group) is 1. The molecule has 3 atom stereocenters. The van der Waals surface area contributed by atoms with Crippen LogP contribution in [0.4, 0.5) is 0 Å².